The Hall–Kier alpha value is -2.80. The first-order valence-electron chi connectivity index (χ1n) is 8.30. The van der Waals surface area contributed by atoms with Crippen molar-refractivity contribution in [3.05, 3.63) is 47.9 Å². The first-order valence-corrected chi connectivity index (χ1v) is 8.30. The Kier molecular flexibility index (Phi) is 3.93. The number of furan rings is 1. The fraction of sp³-hybridized carbons (Fsp3) is 0.333. The lowest BCUT2D eigenvalue weighted by molar-refractivity contribution is -0.0285. The average Bonchev–Trinajstić information content (AvgIpc) is 3.11. The molecule has 1 aliphatic rings. The molecule has 3 heterocycles. The minimum absolute atomic E-state index is 0.255. The minimum Gasteiger partial charge on any atom is -0.459 e. The number of rotatable bonds is 4. The molecule has 1 atom stereocenters. The largest absolute Gasteiger partial charge is 0.459 e. The maximum absolute atomic E-state index is 12.2. The molecule has 0 spiro atoms. The molecule has 2 aromatic heterocycles. The summed E-state index contributed by atoms with van der Waals surface area (Å²) in [6.45, 7) is 5.22. The van der Waals surface area contributed by atoms with E-state index in [9.17, 15) is 4.79 Å². The van der Waals surface area contributed by atoms with Gasteiger partial charge in [-0.1, -0.05) is 18.2 Å². The normalized spacial score (nSPS) is 15.8. The van der Waals surface area contributed by atoms with Crippen molar-refractivity contribution in [3.8, 4) is 0 Å². The van der Waals surface area contributed by atoms with E-state index in [1.165, 1.54) is 0 Å². The van der Waals surface area contributed by atoms with Gasteiger partial charge in [-0.15, -0.1) is 0 Å². The predicted molar refractivity (Wildman–Crippen MR) is 93.6 cm³/mol. The third-order valence-corrected chi connectivity index (χ3v) is 4.47. The quantitative estimate of drug-likeness (QED) is 0.763. The summed E-state index contributed by atoms with van der Waals surface area (Å²) in [6.07, 6.45) is 1.84. The Bertz CT molecular complexity index is 910. The molecule has 0 bridgehead atoms. The highest BCUT2D eigenvalue weighted by atomic mass is 16.5. The van der Waals surface area contributed by atoms with Gasteiger partial charge in [-0.25, -0.2) is 4.79 Å². The second-order valence-electron chi connectivity index (χ2n) is 6.28. The molecule has 1 saturated heterocycles. The number of hydrogen-bond acceptors (Lipinski definition) is 4. The highest BCUT2D eigenvalue weighted by Crippen LogP contribution is 2.29. The first kappa shape index (κ1) is 15.7. The predicted octanol–water partition coefficient (Wildman–Crippen LogP) is 3.39. The third-order valence-electron chi connectivity index (χ3n) is 4.47. The Morgan fingerprint density at radius 2 is 2.12 bits per heavy atom. The molecule has 7 heteroatoms. The van der Waals surface area contributed by atoms with E-state index in [4.69, 9.17) is 9.15 Å². The van der Waals surface area contributed by atoms with Gasteiger partial charge in [0, 0.05) is 23.2 Å². The van der Waals surface area contributed by atoms with Gasteiger partial charge < -0.3 is 14.5 Å². The molecule has 1 fully saturated rings. The number of benzene rings is 1. The smallest absolute Gasteiger partial charge is 0.321 e. The molecule has 2 N–H and O–H groups in total. The molecular weight excluding hydrogens is 320 g/mol. The van der Waals surface area contributed by atoms with Crippen LogP contribution in [-0.4, -0.2) is 29.0 Å². The highest BCUT2D eigenvalue weighted by Gasteiger charge is 2.22. The van der Waals surface area contributed by atoms with E-state index in [1.54, 1.807) is 6.07 Å². The van der Waals surface area contributed by atoms with Crippen LogP contribution in [-0.2, 0) is 4.74 Å². The second-order valence-corrected chi connectivity index (χ2v) is 6.28. The van der Waals surface area contributed by atoms with Gasteiger partial charge in [-0.05, 0) is 19.9 Å². The monoisotopic (exact) mass is 340 g/mol. The first-order chi connectivity index (χ1) is 12.1. The molecule has 1 unspecified atom stereocenters. The van der Waals surface area contributed by atoms with E-state index in [0.29, 0.717) is 19.0 Å². The summed E-state index contributed by atoms with van der Waals surface area (Å²) in [5, 5.41) is 11.1. The maximum atomic E-state index is 12.2. The van der Waals surface area contributed by atoms with Crippen LogP contribution >= 0.6 is 0 Å². The van der Waals surface area contributed by atoms with E-state index in [0.717, 1.165) is 22.3 Å². The SMILES string of the molecule is Cc1c(C(C)NC(=O)Nc2ccn(C3COC3)n2)oc2ccccc12. The number of aromatic nitrogens is 2. The molecule has 2 amide bonds. The summed E-state index contributed by atoms with van der Waals surface area (Å²) in [4.78, 5) is 12.2. The maximum Gasteiger partial charge on any atom is 0.321 e. The second kappa shape index (κ2) is 6.25. The summed E-state index contributed by atoms with van der Waals surface area (Å²) in [5.74, 6) is 1.27. The van der Waals surface area contributed by atoms with Crippen molar-refractivity contribution in [3.63, 3.8) is 0 Å². The molecule has 1 aliphatic heterocycles. The summed E-state index contributed by atoms with van der Waals surface area (Å²) in [6, 6.07) is 9.31. The number of nitrogens with zero attached hydrogens (tertiary/aromatic N) is 2. The molecule has 130 valence electrons. The number of para-hydroxylation sites is 1. The van der Waals surface area contributed by atoms with Gasteiger partial charge in [-0.2, -0.15) is 5.10 Å². The minimum atomic E-state index is -0.317. The standard InChI is InChI=1S/C18H20N4O3/c1-11-14-5-3-4-6-15(14)25-17(11)12(2)19-18(23)20-16-7-8-22(21-16)13-9-24-10-13/h3-8,12-13H,9-10H2,1-2H3,(H2,19,20,21,23). The fourth-order valence-electron chi connectivity index (χ4n) is 3.00. The van der Waals surface area contributed by atoms with Crippen LogP contribution in [0.15, 0.2) is 40.9 Å². The number of carbonyl (C=O) groups excluding carboxylic acids is 1. The Labute approximate surface area is 144 Å². The Morgan fingerprint density at radius 3 is 2.84 bits per heavy atom. The highest BCUT2D eigenvalue weighted by molar-refractivity contribution is 5.88. The molecular formula is C18H20N4O3. The van der Waals surface area contributed by atoms with Crippen molar-refractivity contribution in [1.82, 2.24) is 15.1 Å². The van der Waals surface area contributed by atoms with Crippen LogP contribution in [0.4, 0.5) is 10.6 Å². The number of ether oxygens (including phenoxy) is 1. The van der Waals surface area contributed by atoms with Crippen molar-refractivity contribution >= 4 is 22.8 Å². The van der Waals surface area contributed by atoms with Gasteiger partial charge in [-0.3, -0.25) is 10.00 Å². The van der Waals surface area contributed by atoms with Crippen molar-refractivity contribution in [2.45, 2.75) is 25.9 Å². The lowest BCUT2D eigenvalue weighted by Crippen LogP contribution is -2.32. The van der Waals surface area contributed by atoms with E-state index >= 15 is 0 Å². The van der Waals surface area contributed by atoms with E-state index in [2.05, 4.69) is 15.7 Å². The number of aryl methyl sites for hydroxylation is 1. The fourth-order valence-corrected chi connectivity index (χ4v) is 3.00. The zero-order valence-corrected chi connectivity index (χ0v) is 14.2. The van der Waals surface area contributed by atoms with E-state index in [-0.39, 0.29) is 18.1 Å². The Morgan fingerprint density at radius 1 is 1.32 bits per heavy atom. The zero-order chi connectivity index (χ0) is 17.4. The summed E-state index contributed by atoms with van der Waals surface area (Å²) in [5.41, 5.74) is 1.86. The molecule has 3 aromatic rings. The van der Waals surface area contributed by atoms with Crippen LogP contribution in [0.1, 0.15) is 30.3 Å². The van der Waals surface area contributed by atoms with Crippen molar-refractivity contribution in [2.24, 2.45) is 0 Å². The average molecular weight is 340 g/mol. The van der Waals surface area contributed by atoms with Crippen LogP contribution in [0, 0.1) is 6.92 Å². The molecule has 0 saturated carbocycles. The van der Waals surface area contributed by atoms with Gasteiger partial charge in [0.25, 0.3) is 0 Å². The molecule has 4 rings (SSSR count). The summed E-state index contributed by atoms with van der Waals surface area (Å²) < 4.78 is 12.9. The van der Waals surface area contributed by atoms with Crippen molar-refractivity contribution in [1.29, 1.82) is 0 Å². The topological polar surface area (TPSA) is 81.3 Å². The molecule has 7 nitrogen and oxygen atoms in total. The number of amides is 2. The van der Waals surface area contributed by atoms with Crippen LogP contribution in [0.25, 0.3) is 11.0 Å². The van der Waals surface area contributed by atoms with E-state index < -0.39 is 0 Å². The van der Waals surface area contributed by atoms with E-state index in [1.807, 2.05) is 49.0 Å². The molecule has 1 aromatic carbocycles. The van der Waals surface area contributed by atoms with Gasteiger partial charge in [0.05, 0.1) is 25.3 Å². The molecule has 0 aliphatic carbocycles. The van der Waals surface area contributed by atoms with Gasteiger partial charge in [0.2, 0.25) is 0 Å². The van der Waals surface area contributed by atoms with Crippen LogP contribution in [0.5, 0.6) is 0 Å². The van der Waals surface area contributed by atoms with Gasteiger partial charge in [0.1, 0.15) is 11.3 Å². The van der Waals surface area contributed by atoms with Crippen molar-refractivity contribution in [2.75, 3.05) is 18.5 Å². The molecule has 0 radical (unpaired) electrons. The number of fused-ring (bicyclic) bond motifs is 1. The van der Waals surface area contributed by atoms with Crippen molar-refractivity contribution < 1.29 is 13.9 Å². The summed E-state index contributed by atoms with van der Waals surface area (Å²) >= 11 is 0. The number of anilines is 1. The Balaban J connectivity index is 1.42. The lowest BCUT2D eigenvalue weighted by atomic mass is 10.1. The number of carbonyl (C=O) groups is 1. The number of hydrogen-bond donors (Lipinski definition) is 2. The van der Waals surface area contributed by atoms with Crippen LogP contribution in [0.3, 0.4) is 0 Å². The van der Waals surface area contributed by atoms with Crippen LogP contribution in [0.2, 0.25) is 0 Å². The third kappa shape index (κ3) is 2.98. The van der Waals surface area contributed by atoms with Gasteiger partial charge >= 0.3 is 6.03 Å². The number of urea groups is 1. The molecule has 25 heavy (non-hydrogen) atoms. The van der Waals surface area contributed by atoms with Crippen LogP contribution < -0.4 is 10.6 Å². The number of nitrogens with one attached hydrogen (secondary N) is 2. The zero-order valence-electron chi connectivity index (χ0n) is 14.2. The summed E-state index contributed by atoms with van der Waals surface area (Å²) in [7, 11) is 0. The van der Waals surface area contributed by atoms with Gasteiger partial charge in [0.15, 0.2) is 5.82 Å². The lowest BCUT2D eigenvalue weighted by Gasteiger charge is -2.25.